The Kier molecular flexibility index (Phi) is 2.21. The van der Waals surface area contributed by atoms with E-state index in [1.165, 1.54) is 30.7 Å². The highest BCUT2D eigenvalue weighted by atomic mass is 15.1. The van der Waals surface area contributed by atoms with Crippen molar-refractivity contribution in [1.82, 2.24) is 9.55 Å². The van der Waals surface area contributed by atoms with Crippen molar-refractivity contribution in [3.05, 3.63) is 30.4 Å². The summed E-state index contributed by atoms with van der Waals surface area (Å²) in [6.45, 7) is 5.97. The normalized spacial score (nSPS) is 17.9. The maximum atomic E-state index is 4.44. The Morgan fingerprint density at radius 3 is 3.08 bits per heavy atom. The van der Waals surface area contributed by atoms with Crippen molar-refractivity contribution in [3.63, 3.8) is 0 Å². The fourth-order valence-corrected chi connectivity index (χ4v) is 1.96. The predicted octanol–water partition coefficient (Wildman–Crippen LogP) is 2.51. The first-order chi connectivity index (χ1) is 6.33. The summed E-state index contributed by atoms with van der Waals surface area (Å²) in [6.07, 6.45) is 8.88. The highest BCUT2D eigenvalue weighted by Gasteiger charge is 2.16. The van der Waals surface area contributed by atoms with Crippen molar-refractivity contribution in [2.75, 3.05) is 0 Å². The molecule has 1 aliphatic carbocycles. The molecule has 1 aromatic rings. The molecule has 1 aliphatic rings. The lowest BCUT2D eigenvalue weighted by Crippen LogP contribution is -2.10. The van der Waals surface area contributed by atoms with E-state index in [9.17, 15) is 0 Å². The van der Waals surface area contributed by atoms with E-state index in [0.717, 1.165) is 6.42 Å². The average molecular weight is 176 g/mol. The Hall–Kier alpha value is -1.05. The standard InChI is InChI=1S/C11H16N2/c1-3-9(2)13-8-12-10-6-4-5-7-11(10)13/h3,8-9H,1,4-7H2,2H3. The molecule has 1 aromatic heterocycles. The Bertz CT molecular complexity index is 312. The number of rotatable bonds is 2. The van der Waals surface area contributed by atoms with Crippen molar-refractivity contribution in [2.45, 2.75) is 38.6 Å². The Morgan fingerprint density at radius 1 is 1.54 bits per heavy atom. The minimum atomic E-state index is 0.384. The van der Waals surface area contributed by atoms with Crippen LogP contribution in [0.1, 0.15) is 37.2 Å². The third-order valence-corrected chi connectivity index (χ3v) is 2.84. The number of aryl methyl sites for hydroxylation is 1. The van der Waals surface area contributed by atoms with Gasteiger partial charge in [-0.15, -0.1) is 6.58 Å². The van der Waals surface area contributed by atoms with Gasteiger partial charge in [-0.1, -0.05) is 6.08 Å². The Labute approximate surface area is 79.3 Å². The lowest BCUT2D eigenvalue weighted by atomic mass is 10.0. The zero-order valence-corrected chi connectivity index (χ0v) is 8.16. The van der Waals surface area contributed by atoms with Crippen LogP contribution < -0.4 is 0 Å². The van der Waals surface area contributed by atoms with Gasteiger partial charge in [0.25, 0.3) is 0 Å². The van der Waals surface area contributed by atoms with Gasteiger partial charge in [0.05, 0.1) is 12.0 Å². The molecule has 70 valence electrons. The fourth-order valence-electron chi connectivity index (χ4n) is 1.96. The molecule has 1 unspecified atom stereocenters. The first-order valence-corrected chi connectivity index (χ1v) is 5.00. The predicted molar refractivity (Wildman–Crippen MR) is 53.8 cm³/mol. The number of hydrogen-bond donors (Lipinski definition) is 0. The Morgan fingerprint density at radius 2 is 2.31 bits per heavy atom. The molecule has 1 heterocycles. The maximum Gasteiger partial charge on any atom is 0.0957 e. The van der Waals surface area contributed by atoms with Crippen LogP contribution >= 0.6 is 0 Å². The van der Waals surface area contributed by atoms with Crippen molar-refractivity contribution < 1.29 is 0 Å². The number of allylic oxidation sites excluding steroid dienone is 1. The van der Waals surface area contributed by atoms with Gasteiger partial charge in [-0.25, -0.2) is 4.98 Å². The van der Waals surface area contributed by atoms with Crippen LogP contribution in [-0.4, -0.2) is 9.55 Å². The van der Waals surface area contributed by atoms with Crippen molar-refractivity contribution in [1.29, 1.82) is 0 Å². The molecule has 13 heavy (non-hydrogen) atoms. The highest BCUT2D eigenvalue weighted by molar-refractivity contribution is 5.17. The third kappa shape index (κ3) is 1.41. The first kappa shape index (κ1) is 8.54. The molecular weight excluding hydrogens is 160 g/mol. The SMILES string of the molecule is C=CC(C)n1cnc2c1CCCC2. The molecule has 0 saturated carbocycles. The van der Waals surface area contributed by atoms with Crippen LogP contribution in [0.3, 0.4) is 0 Å². The van der Waals surface area contributed by atoms with Crippen LogP contribution in [0.4, 0.5) is 0 Å². The lowest BCUT2D eigenvalue weighted by Gasteiger charge is -2.16. The fraction of sp³-hybridized carbons (Fsp3) is 0.545. The number of hydrogen-bond acceptors (Lipinski definition) is 1. The number of imidazole rings is 1. The van der Waals surface area contributed by atoms with Crippen molar-refractivity contribution in [2.24, 2.45) is 0 Å². The van der Waals surface area contributed by atoms with Gasteiger partial charge in [-0.05, 0) is 32.6 Å². The molecular formula is C11H16N2. The van der Waals surface area contributed by atoms with E-state index < -0.39 is 0 Å². The van der Waals surface area contributed by atoms with Crippen LogP contribution in [0.5, 0.6) is 0 Å². The minimum absolute atomic E-state index is 0.384. The van der Waals surface area contributed by atoms with E-state index in [0.29, 0.717) is 6.04 Å². The second kappa shape index (κ2) is 3.36. The zero-order chi connectivity index (χ0) is 9.26. The molecule has 2 nitrogen and oxygen atoms in total. The van der Waals surface area contributed by atoms with Crippen LogP contribution in [0.2, 0.25) is 0 Å². The lowest BCUT2D eigenvalue weighted by molar-refractivity contribution is 0.584. The molecule has 0 aromatic carbocycles. The van der Waals surface area contributed by atoms with Gasteiger partial charge in [0, 0.05) is 11.7 Å². The topological polar surface area (TPSA) is 17.8 Å². The Balaban J connectivity index is 2.36. The van der Waals surface area contributed by atoms with Gasteiger partial charge in [0.15, 0.2) is 0 Å². The molecule has 0 bridgehead atoms. The summed E-state index contributed by atoms with van der Waals surface area (Å²) in [6, 6.07) is 0.384. The highest BCUT2D eigenvalue weighted by Crippen LogP contribution is 2.22. The molecule has 0 fully saturated rings. The van der Waals surface area contributed by atoms with E-state index in [-0.39, 0.29) is 0 Å². The number of aromatic nitrogens is 2. The third-order valence-electron chi connectivity index (χ3n) is 2.84. The molecule has 0 N–H and O–H groups in total. The van der Waals surface area contributed by atoms with E-state index in [2.05, 4.69) is 23.1 Å². The van der Waals surface area contributed by atoms with E-state index in [1.54, 1.807) is 0 Å². The molecule has 0 amide bonds. The first-order valence-electron chi connectivity index (χ1n) is 5.00. The van der Waals surface area contributed by atoms with Crippen molar-refractivity contribution in [3.8, 4) is 0 Å². The van der Waals surface area contributed by atoms with Crippen molar-refractivity contribution >= 4 is 0 Å². The summed E-state index contributed by atoms with van der Waals surface area (Å²) in [4.78, 5) is 4.44. The second-order valence-corrected chi connectivity index (χ2v) is 3.73. The summed E-state index contributed by atoms with van der Waals surface area (Å²) in [5, 5.41) is 0. The molecule has 2 heteroatoms. The van der Waals surface area contributed by atoms with Crippen LogP contribution in [0, 0.1) is 0 Å². The number of nitrogens with zero attached hydrogens (tertiary/aromatic N) is 2. The molecule has 0 saturated heterocycles. The largest absolute Gasteiger partial charge is 0.328 e. The van der Waals surface area contributed by atoms with Gasteiger partial charge in [0.2, 0.25) is 0 Å². The average Bonchev–Trinajstić information content (AvgIpc) is 2.60. The second-order valence-electron chi connectivity index (χ2n) is 3.73. The summed E-state index contributed by atoms with van der Waals surface area (Å²) < 4.78 is 2.25. The van der Waals surface area contributed by atoms with E-state index >= 15 is 0 Å². The molecule has 0 spiro atoms. The minimum Gasteiger partial charge on any atom is -0.328 e. The molecule has 2 rings (SSSR count). The van der Waals surface area contributed by atoms with Gasteiger partial charge in [-0.2, -0.15) is 0 Å². The van der Waals surface area contributed by atoms with E-state index in [4.69, 9.17) is 0 Å². The van der Waals surface area contributed by atoms with Gasteiger partial charge in [-0.3, -0.25) is 0 Å². The molecule has 1 atom stereocenters. The summed E-state index contributed by atoms with van der Waals surface area (Å²) in [7, 11) is 0. The van der Waals surface area contributed by atoms with Crippen LogP contribution in [0.25, 0.3) is 0 Å². The molecule has 0 radical (unpaired) electrons. The quantitative estimate of drug-likeness (QED) is 0.633. The smallest absolute Gasteiger partial charge is 0.0957 e. The van der Waals surface area contributed by atoms with Gasteiger partial charge < -0.3 is 4.57 Å². The summed E-state index contributed by atoms with van der Waals surface area (Å²) in [5.74, 6) is 0. The van der Waals surface area contributed by atoms with Crippen LogP contribution in [0.15, 0.2) is 19.0 Å². The van der Waals surface area contributed by atoms with Crippen LogP contribution in [-0.2, 0) is 12.8 Å². The summed E-state index contributed by atoms with van der Waals surface area (Å²) >= 11 is 0. The molecule has 0 aliphatic heterocycles. The monoisotopic (exact) mass is 176 g/mol. The summed E-state index contributed by atoms with van der Waals surface area (Å²) in [5.41, 5.74) is 2.73. The van der Waals surface area contributed by atoms with Gasteiger partial charge in [0.1, 0.15) is 0 Å². The maximum absolute atomic E-state index is 4.44. The van der Waals surface area contributed by atoms with E-state index in [1.807, 2.05) is 12.4 Å². The zero-order valence-electron chi connectivity index (χ0n) is 8.16. The number of fused-ring (bicyclic) bond motifs is 1. The van der Waals surface area contributed by atoms with Gasteiger partial charge >= 0.3 is 0 Å².